The molecule has 0 aliphatic heterocycles. The minimum absolute atomic E-state index is 0.521. The topological polar surface area (TPSA) is 26.0 Å². The first kappa shape index (κ1) is 11.3. The molecule has 1 aromatic heterocycles. The molecule has 0 saturated heterocycles. The summed E-state index contributed by atoms with van der Waals surface area (Å²) in [5.74, 6) is 1.17. The second-order valence-corrected chi connectivity index (χ2v) is 4.59. The zero-order chi connectivity index (χ0) is 12.5. The Balaban J connectivity index is 2.07. The van der Waals surface area contributed by atoms with E-state index in [4.69, 9.17) is 16.0 Å². The lowest BCUT2D eigenvalue weighted by molar-refractivity contribution is 0.619. The highest BCUT2D eigenvalue weighted by Crippen LogP contribution is 2.25. The highest BCUT2D eigenvalue weighted by Gasteiger charge is 2.07. The van der Waals surface area contributed by atoms with Gasteiger partial charge in [-0.25, -0.2) is 4.98 Å². The third-order valence-corrected chi connectivity index (χ3v) is 3.21. The number of oxazole rings is 1. The number of aryl methyl sites for hydroxylation is 1. The van der Waals surface area contributed by atoms with Gasteiger partial charge in [-0.2, -0.15) is 0 Å². The van der Waals surface area contributed by atoms with Crippen LogP contribution in [-0.2, 0) is 5.88 Å². The molecule has 0 bridgehead atoms. The highest BCUT2D eigenvalue weighted by molar-refractivity contribution is 6.17. The van der Waals surface area contributed by atoms with Crippen LogP contribution in [0.4, 0.5) is 0 Å². The fourth-order valence-corrected chi connectivity index (χ4v) is 2.07. The molecule has 0 atom stereocenters. The van der Waals surface area contributed by atoms with E-state index in [0.717, 1.165) is 22.2 Å². The summed E-state index contributed by atoms with van der Waals surface area (Å²) in [6, 6.07) is 13.9. The van der Waals surface area contributed by atoms with Crippen molar-refractivity contribution in [2.75, 3.05) is 0 Å². The van der Waals surface area contributed by atoms with Crippen molar-refractivity contribution in [2.45, 2.75) is 12.8 Å². The average molecular weight is 258 g/mol. The Kier molecular flexibility index (Phi) is 2.80. The first-order chi connectivity index (χ1) is 8.76. The molecule has 0 aliphatic carbocycles. The Morgan fingerprint density at radius 2 is 1.89 bits per heavy atom. The van der Waals surface area contributed by atoms with Crippen LogP contribution >= 0.6 is 11.6 Å². The maximum atomic E-state index is 5.77. The number of hydrogen-bond donors (Lipinski definition) is 0. The number of halogens is 1. The van der Waals surface area contributed by atoms with E-state index in [1.807, 2.05) is 49.4 Å². The molecule has 0 N–H and O–H groups in total. The molecule has 0 fully saturated rings. The molecule has 1 heterocycles. The van der Waals surface area contributed by atoms with Crippen LogP contribution in [0.25, 0.3) is 22.6 Å². The quantitative estimate of drug-likeness (QED) is 0.630. The predicted molar refractivity (Wildman–Crippen MR) is 73.7 cm³/mol. The second-order valence-electron chi connectivity index (χ2n) is 4.32. The lowest BCUT2D eigenvalue weighted by atomic mass is 10.1. The SMILES string of the molecule is Cc1ccc2nc(-c3ccc(CCl)cc3)oc2c1. The standard InChI is InChI=1S/C15H12ClNO/c1-10-2-7-13-14(8-10)18-15(17-13)12-5-3-11(9-16)4-6-12/h2-8H,9H2,1H3. The van der Waals surface area contributed by atoms with E-state index in [9.17, 15) is 0 Å². The minimum Gasteiger partial charge on any atom is -0.436 e. The molecule has 0 aliphatic rings. The summed E-state index contributed by atoms with van der Waals surface area (Å²) in [7, 11) is 0. The third kappa shape index (κ3) is 2.00. The molecular weight excluding hydrogens is 246 g/mol. The number of rotatable bonds is 2. The first-order valence-corrected chi connectivity index (χ1v) is 6.32. The van der Waals surface area contributed by atoms with E-state index in [0.29, 0.717) is 11.8 Å². The van der Waals surface area contributed by atoms with Gasteiger partial charge in [-0.1, -0.05) is 18.2 Å². The van der Waals surface area contributed by atoms with Gasteiger partial charge in [0.1, 0.15) is 5.52 Å². The van der Waals surface area contributed by atoms with Crippen molar-refractivity contribution in [3.63, 3.8) is 0 Å². The van der Waals surface area contributed by atoms with Crippen LogP contribution in [-0.4, -0.2) is 4.98 Å². The van der Waals surface area contributed by atoms with Gasteiger partial charge in [0.25, 0.3) is 0 Å². The molecule has 18 heavy (non-hydrogen) atoms. The summed E-state index contributed by atoms with van der Waals surface area (Å²) in [5.41, 5.74) is 4.94. The molecule has 0 unspecified atom stereocenters. The summed E-state index contributed by atoms with van der Waals surface area (Å²) in [5, 5.41) is 0. The Bertz CT molecular complexity index is 685. The molecule has 0 radical (unpaired) electrons. The number of fused-ring (bicyclic) bond motifs is 1. The molecule has 3 heteroatoms. The Hall–Kier alpha value is -1.80. The van der Waals surface area contributed by atoms with Gasteiger partial charge in [0.15, 0.2) is 5.58 Å². The van der Waals surface area contributed by atoms with Crippen molar-refractivity contribution in [3.05, 3.63) is 53.6 Å². The molecular formula is C15H12ClNO. The van der Waals surface area contributed by atoms with E-state index in [2.05, 4.69) is 4.98 Å². The van der Waals surface area contributed by atoms with Gasteiger partial charge in [-0.05, 0) is 42.3 Å². The Labute approximate surface area is 110 Å². The normalized spacial score (nSPS) is 11.0. The van der Waals surface area contributed by atoms with Crippen molar-refractivity contribution < 1.29 is 4.42 Å². The number of aromatic nitrogens is 1. The van der Waals surface area contributed by atoms with Crippen LogP contribution in [0.1, 0.15) is 11.1 Å². The van der Waals surface area contributed by atoms with Gasteiger partial charge in [-0.3, -0.25) is 0 Å². The zero-order valence-corrected chi connectivity index (χ0v) is 10.7. The summed E-state index contributed by atoms with van der Waals surface area (Å²) < 4.78 is 5.76. The van der Waals surface area contributed by atoms with E-state index < -0.39 is 0 Å². The van der Waals surface area contributed by atoms with Crippen molar-refractivity contribution in [1.82, 2.24) is 4.98 Å². The van der Waals surface area contributed by atoms with Crippen LogP contribution in [0.15, 0.2) is 46.9 Å². The van der Waals surface area contributed by atoms with Crippen molar-refractivity contribution in [3.8, 4) is 11.5 Å². The van der Waals surface area contributed by atoms with Crippen LogP contribution in [0.3, 0.4) is 0 Å². The molecule has 2 nitrogen and oxygen atoms in total. The maximum Gasteiger partial charge on any atom is 0.227 e. The first-order valence-electron chi connectivity index (χ1n) is 5.79. The van der Waals surface area contributed by atoms with Crippen LogP contribution in [0, 0.1) is 6.92 Å². The summed E-state index contributed by atoms with van der Waals surface area (Å²) in [6.45, 7) is 2.04. The molecule has 90 valence electrons. The van der Waals surface area contributed by atoms with Crippen molar-refractivity contribution in [1.29, 1.82) is 0 Å². The Morgan fingerprint density at radius 3 is 2.61 bits per heavy atom. The number of alkyl halides is 1. The zero-order valence-electron chi connectivity index (χ0n) is 9.98. The number of nitrogens with zero attached hydrogens (tertiary/aromatic N) is 1. The van der Waals surface area contributed by atoms with Gasteiger partial charge >= 0.3 is 0 Å². The van der Waals surface area contributed by atoms with E-state index in [-0.39, 0.29) is 0 Å². The van der Waals surface area contributed by atoms with Gasteiger partial charge in [0.2, 0.25) is 5.89 Å². The van der Waals surface area contributed by atoms with Gasteiger partial charge in [0, 0.05) is 11.4 Å². The highest BCUT2D eigenvalue weighted by atomic mass is 35.5. The Morgan fingerprint density at radius 1 is 1.11 bits per heavy atom. The lowest BCUT2D eigenvalue weighted by Crippen LogP contribution is -1.79. The smallest absolute Gasteiger partial charge is 0.227 e. The van der Waals surface area contributed by atoms with Gasteiger partial charge in [0.05, 0.1) is 0 Å². The van der Waals surface area contributed by atoms with Gasteiger partial charge in [-0.15, -0.1) is 11.6 Å². The summed E-state index contributed by atoms with van der Waals surface area (Å²) in [4.78, 5) is 4.48. The number of benzene rings is 2. The van der Waals surface area contributed by atoms with Gasteiger partial charge < -0.3 is 4.42 Å². The molecule has 3 rings (SSSR count). The summed E-state index contributed by atoms with van der Waals surface area (Å²) in [6.07, 6.45) is 0. The number of hydrogen-bond acceptors (Lipinski definition) is 2. The van der Waals surface area contributed by atoms with E-state index in [1.54, 1.807) is 0 Å². The predicted octanol–water partition coefficient (Wildman–Crippen LogP) is 4.54. The molecule has 3 aromatic rings. The largest absolute Gasteiger partial charge is 0.436 e. The molecule has 0 amide bonds. The minimum atomic E-state index is 0.521. The van der Waals surface area contributed by atoms with Crippen LogP contribution in [0.2, 0.25) is 0 Å². The fourth-order valence-electron chi connectivity index (χ4n) is 1.89. The van der Waals surface area contributed by atoms with Crippen molar-refractivity contribution >= 4 is 22.7 Å². The molecule has 0 saturated carbocycles. The maximum absolute atomic E-state index is 5.77. The van der Waals surface area contributed by atoms with E-state index in [1.165, 1.54) is 5.56 Å². The monoisotopic (exact) mass is 257 g/mol. The second kappa shape index (κ2) is 4.46. The van der Waals surface area contributed by atoms with Crippen LogP contribution in [0.5, 0.6) is 0 Å². The molecule has 0 spiro atoms. The average Bonchev–Trinajstić information content (AvgIpc) is 2.81. The van der Waals surface area contributed by atoms with Crippen LogP contribution < -0.4 is 0 Å². The van der Waals surface area contributed by atoms with Crippen molar-refractivity contribution in [2.24, 2.45) is 0 Å². The summed E-state index contributed by atoms with van der Waals surface area (Å²) >= 11 is 5.77. The third-order valence-electron chi connectivity index (χ3n) is 2.90. The fraction of sp³-hybridized carbons (Fsp3) is 0.133. The molecule has 2 aromatic carbocycles. The van der Waals surface area contributed by atoms with E-state index >= 15 is 0 Å². The lowest BCUT2D eigenvalue weighted by Gasteiger charge is -1.97.